The molecule has 0 saturated heterocycles. The summed E-state index contributed by atoms with van der Waals surface area (Å²) >= 11 is 3.15. The van der Waals surface area contributed by atoms with Crippen LogP contribution in [0, 0.1) is 5.82 Å². The van der Waals surface area contributed by atoms with E-state index in [1.165, 1.54) is 12.1 Å². The van der Waals surface area contributed by atoms with E-state index < -0.39 is 23.9 Å². The van der Waals surface area contributed by atoms with Gasteiger partial charge in [-0.2, -0.15) is 0 Å². The smallest absolute Gasteiger partial charge is 0.326 e. The van der Waals surface area contributed by atoms with Gasteiger partial charge in [0.1, 0.15) is 11.9 Å². The lowest BCUT2D eigenvalue weighted by molar-refractivity contribution is -0.139. The number of hydrogen-bond acceptors (Lipinski definition) is 2. The van der Waals surface area contributed by atoms with Gasteiger partial charge < -0.3 is 15.7 Å². The number of amides is 2. The fraction of sp³-hybridized carbons (Fsp3) is 0.273. The van der Waals surface area contributed by atoms with E-state index >= 15 is 0 Å². The topological polar surface area (TPSA) is 78.4 Å². The first-order chi connectivity index (χ1) is 8.43. The van der Waals surface area contributed by atoms with Crippen molar-refractivity contribution in [2.45, 2.75) is 19.4 Å². The summed E-state index contributed by atoms with van der Waals surface area (Å²) in [5.41, 5.74) is 0.229. The molecule has 0 heterocycles. The molecule has 3 N–H and O–H groups in total. The molecule has 1 aromatic carbocycles. The van der Waals surface area contributed by atoms with Crippen molar-refractivity contribution in [1.29, 1.82) is 0 Å². The standard InChI is InChI=1S/C11H12BrFN2O3/c1-2-8(10(16)17)14-11(18)15-9-5-6(13)3-4-7(9)12/h3-5,8H,2H2,1H3,(H,16,17)(H2,14,15,18)/t8-/m0/s1. The molecule has 1 atom stereocenters. The number of benzene rings is 1. The van der Waals surface area contributed by atoms with Crippen molar-refractivity contribution in [2.75, 3.05) is 5.32 Å². The third-order valence-corrected chi connectivity index (χ3v) is 2.88. The molecule has 98 valence electrons. The minimum atomic E-state index is -1.12. The van der Waals surface area contributed by atoms with Crippen LogP contribution in [0.15, 0.2) is 22.7 Å². The third-order valence-electron chi connectivity index (χ3n) is 2.19. The van der Waals surface area contributed by atoms with Crippen LogP contribution in [0.2, 0.25) is 0 Å². The van der Waals surface area contributed by atoms with Gasteiger partial charge in [0.2, 0.25) is 0 Å². The SMILES string of the molecule is CC[C@H](NC(=O)Nc1cc(F)ccc1Br)C(=O)O. The fourth-order valence-corrected chi connectivity index (χ4v) is 1.59. The second kappa shape index (κ2) is 6.34. The molecule has 0 unspecified atom stereocenters. The molecular weight excluding hydrogens is 307 g/mol. The highest BCUT2D eigenvalue weighted by Gasteiger charge is 2.17. The number of aliphatic carboxylic acids is 1. The summed E-state index contributed by atoms with van der Waals surface area (Å²) < 4.78 is 13.5. The van der Waals surface area contributed by atoms with Crippen LogP contribution in [0.1, 0.15) is 13.3 Å². The van der Waals surface area contributed by atoms with E-state index in [0.29, 0.717) is 4.47 Å². The lowest BCUT2D eigenvalue weighted by Gasteiger charge is -2.13. The minimum Gasteiger partial charge on any atom is -0.480 e. The zero-order valence-corrected chi connectivity index (χ0v) is 11.1. The van der Waals surface area contributed by atoms with Crippen LogP contribution in [-0.2, 0) is 4.79 Å². The molecule has 0 saturated carbocycles. The summed E-state index contributed by atoms with van der Waals surface area (Å²) in [5, 5.41) is 13.4. The van der Waals surface area contributed by atoms with E-state index in [4.69, 9.17) is 5.11 Å². The van der Waals surface area contributed by atoms with Crippen LogP contribution >= 0.6 is 15.9 Å². The molecule has 0 spiro atoms. The van der Waals surface area contributed by atoms with Crippen molar-refractivity contribution in [3.05, 3.63) is 28.5 Å². The fourth-order valence-electron chi connectivity index (χ4n) is 1.25. The van der Waals surface area contributed by atoms with Gasteiger partial charge in [-0.1, -0.05) is 6.92 Å². The highest BCUT2D eigenvalue weighted by Crippen LogP contribution is 2.22. The van der Waals surface area contributed by atoms with Gasteiger partial charge in [-0.15, -0.1) is 0 Å². The number of hydrogen-bond donors (Lipinski definition) is 3. The van der Waals surface area contributed by atoms with Crippen LogP contribution in [0.3, 0.4) is 0 Å². The highest BCUT2D eigenvalue weighted by atomic mass is 79.9. The molecule has 0 aliphatic rings. The molecule has 0 radical (unpaired) electrons. The average molecular weight is 319 g/mol. The summed E-state index contributed by atoms with van der Waals surface area (Å²) in [5.74, 6) is -1.62. The predicted molar refractivity (Wildman–Crippen MR) is 68.0 cm³/mol. The molecule has 0 fully saturated rings. The Morgan fingerprint density at radius 1 is 1.50 bits per heavy atom. The summed E-state index contributed by atoms with van der Waals surface area (Å²) in [6.45, 7) is 1.64. The van der Waals surface area contributed by atoms with Crippen molar-refractivity contribution in [1.82, 2.24) is 5.32 Å². The van der Waals surface area contributed by atoms with Gasteiger partial charge in [0.15, 0.2) is 0 Å². The van der Waals surface area contributed by atoms with Crippen molar-refractivity contribution in [2.24, 2.45) is 0 Å². The lowest BCUT2D eigenvalue weighted by atomic mass is 10.2. The first-order valence-electron chi connectivity index (χ1n) is 5.19. The first kappa shape index (κ1) is 14.4. The van der Waals surface area contributed by atoms with Gasteiger partial charge in [0.25, 0.3) is 0 Å². The van der Waals surface area contributed by atoms with E-state index in [1.54, 1.807) is 6.92 Å². The molecule has 7 heteroatoms. The Kier molecular flexibility index (Phi) is 5.08. The average Bonchev–Trinajstić information content (AvgIpc) is 2.30. The molecule has 0 bridgehead atoms. The second-order valence-corrected chi connectivity index (χ2v) is 4.38. The molecule has 18 heavy (non-hydrogen) atoms. The molecule has 2 amide bonds. The number of carboxylic acids is 1. The molecule has 5 nitrogen and oxygen atoms in total. The molecule has 0 aliphatic carbocycles. The second-order valence-electron chi connectivity index (χ2n) is 3.52. The van der Waals surface area contributed by atoms with Crippen molar-refractivity contribution >= 4 is 33.6 Å². The van der Waals surface area contributed by atoms with E-state index in [9.17, 15) is 14.0 Å². The summed E-state index contributed by atoms with van der Waals surface area (Å²) in [7, 11) is 0. The number of urea groups is 1. The number of carboxylic acid groups (broad SMARTS) is 1. The van der Waals surface area contributed by atoms with Crippen molar-refractivity contribution in [3.63, 3.8) is 0 Å². The van der Waals surface area contributed by atoms with Crippen molar-refractivity contribution < 1.29 is 19.1 Å². The Morgan fingerprint density at radius 3 is 2.72 bits per heavy atom. The molecule has 1 aromatic rings. The molecule has 0 aromatic heterocycles. The maximum atomic E-state index is 13.0. The van der Waals surface area contributed by atoms with Crippen LogP contribution in [0.5, 0.6) is 0 Å². The largest absolute Gasteiger partial charge is 0.480 e. The summed E-state index contributed by atoms with van der Waals surface area (Å²) in [6, 6.07) is 2.14. The van der Waals surface area contributed by atoms with Crippen LogP contribution in [-0.4, -0.2) is 23.1 Å². The Balaban J connectivity index is 2.70. The van der Waals surface area contributed by atoms with E-state index in [1.807, 2.05) is 0 Å². The van der Waals surface area contributed by atoms with Crippen LogP contribution < -0.4 is 10.6 Å². The number of nitrogens with one attached hydrogen (secondary N) is 2. The normalized spacial score (nSPS) is 11.7. The zero-order chi connectivity index (χ0) is 13.7. The van der Waals surface area contributed by atoms with E-state index in [2.05, 4.69) is 26.6 Å². The van der Waals surface area contributed by atoms with Gasteiger partial charge in [0, 0.05) is 4.47 Å². The van der Waals surface area contributed by atoms with Gasteiger partial charge in [-0.05, 0) is 40.5 Å². The number of rotatable bonds is 4. The predicted octanol–water partition coefficient (Wildman–Crippen LogP) is 2.57. The van der Waals surface area contributed by atoms with Gasteiger partial charge in [-0.3, -0.25) is 0 Å². The summed E-state index contributed by atoms with van der Waals surface area (Å²) in [6.07, 6.45) is 0.257. The van der Waals surface area contributed by atoms with E-state index in [0.717, 1.165) is 6.07 Å². The first-order valence-corrected chi connectivity index (χ1v) is 5.98. The Labute approximate surface area is 112 Å². The molecular formula is C11H12BrFN2O3. The zero-order valence-electron chi connectivity index (χ0n) is 9.54. The van der Waals surface area contributed by atoms with Gasteiger partial charge >= 0.3 is 12.0 Å². The van der Waals surface area contributed by atoms with Crippen molar-refractivity contribution in [3.8, 4) is 0 Å². The number of carbonyl (C=O) groups is 2. The Hall–Kier alpha value is -1.63. The molecule has 0 aliphatic heterocycles. The molecule has 1 rings (SSSR count). The highest BCUT2D eigenvalue weighted by molar-refractivity contribution is 9.10. The quantitative estimate of drug-likeness (QED) is 0.798. The van der Waals surface area contributed by atoms with Crippen LogP contribution in [0.4, 0.5) is 14.9 Å². The third kappa shape index (κ3) is 3.99. The Bertz CT molecular complexity index is 468. The van der Waals surface area contributed by atoms with Gasteiger partial charge in [-0.25, -0.2) is 14.0 Å². The van der Waals surface area contributed by atoms with Gasteiger partial charge in [0.05, 0.1) is 5.69 Å². The lowest BCUT2D eigenvalue weighted by Crippen LogP contribution is -2.42. The maximum absolute atomic E-state index is 13.0. The Morgan fingerprint density at radius 2 is 2.17 bits per heavy atom. The number of halogens is 2. The maximum Gasteiger partial charge on any atom is 0.326 e. The monoisotopic (exact) mass is 318 g/mol. The van der Waals surface area contributed by atoms with E-state index in [-0.39, 0.29) is 12.1 Å². The number of carbonyl (C=O) groups excluding carboxylic acids is 1. The minimum absolute atomic E-state index is 0.229. The van der Waals surface area contributed by atoms with Crippen LogP contribution in [0.25, 0.3) is 0 Å². The number of anilines is 1. The summed E-state index contributed by atoms with van der Waals surface area (Å²) in [4.78, 5) is 22.2.